The molecule has 0 unspecified atom stereocenters. The van der Waals surface area contributed by atoms with Crippen LogP contribution < -0.4 is 15.4 Å². The smallest absolute Gasteiger partial charge is 0.419 e. The molecule has 1 aromatic carbocycles. The van der Waals surface area contributed by atoms with Crippen molar-refractivity contribution >= 4 is 29.2 Å². The minimum Gasteiger partial charge on any atom is -0.493 e. The SMILES string of the molecule is C[C@H](COc1ccc(-c2ccnc(NC(=O)c3nccs3)c2)cc1C(F)(F)F)CC(C)(C)NC(=O)O. The Kier molecular flexibility index (Phi) is 8.18. The molecule has 36 heavy (non-hydrogen) atoms. The number of hydrogen-bond donors (Lipinski definition) is 3. The molecule has 0 spiro atoms. The Morgan fingerprint density at radius 1 is 1.11 bits per heavy atom. The summed E-state index contributed by atoms with van der Waals surface area (Å²) < 4.78 is 47.1. The van der Waals surface area contributed by atoms with Crippen LogP contribution in [0.15, 0.2) is 48.1 Å². The van der Waals surface area contributed by atoms with E-state index in [1.807, 2.05) is 0 Å². The predicted octanol–water partition coefficient (Wildman–Crippen LogP) is 5.93. The predicted molar refractivity (Wildman–Crippen MR) is 129 cm³/mol. The van der Waals surface area contributed by atoms with E-state index in [9.17, 15) is 22.8 Å². The van der Waals surface area contributed by atoms with Gasteiger partial charge in [0, 0.05) is 23.3 Å². The number of rotatable bonds is 9. The molecule has 0 saturated heterocycles. The highest BCUT2D eigenvalue weighted by Gasteiger charge is 2.35. The van der Waals surface area contributed by atoms with Crippen LogP contribution in [0.1, 0.15) is 42.6 Å². The quantitative estimate of drug-likeness (QED) is 0.321. The molecule has 3 rings (SSSR count). The maximum absolute atomic E-state index is 13.9. The second kappa shape index (κ2) is 10.9. The summed E-state index contributed by atoms with van der Waals surface area (Å²) in [5.41, 5.74) is -1.02. The van der Waals surface area contributed by atoms with Crippen molar-refractivity contribution in [2.45, 2.75) is 38.9 Å². The van der Waals surface area contributed by atoms with Gasteiger partial charge in [0.2, 0.25) is 0 Å². The minimum atomic E-state index is -4.67. The van der Waals surface area contributed by atoms with Crippen molar-refractivity contribution in [3.63, 3.8) is 0 Å². The van der Waals surface area contributed by atoms with E-state index in [2.05, 4.69) is 20.6 Å². The van der Waals surface area contributed by atoms with Gasteiger partial charge in [0.1, 0.15) is 11.6 Å². The van der Waals surface area contributed by atoms with Gasteiger partial charge in [0.15, 0.2) is 5.01 Å². The number of benzene rings is 1. The first-order valence-corrected chi connectivity index (χ1v) is 11.7. The number of carbonyl (C=O) groups excluding carboxylic acids is 1. The normalized spacial score (nSPS) is 12.6. The van der Waals surface area contributed by atoms with Gasteiger partial charge in [-0.3, -0.25) is 4.79 Å². The van der Waals surface area contributed by atoms with Crippen molar-refractivity contribution in [3.05, 3.63) is 58.7 Å². The number of anilines is 1. The fourth-order valence-corrected chi connectivity index (χ4v) is 4.27. The molecule has 0 bridgehead atoms. The maximum Gasteiger partial charge on any atom is 0.419 e. The fraction of sp³-hybridized carbons (Fsp3) is 0.333. The molecule has 0 fully saturated rings. The van der Waals surface area contributed by atoms with Crippen LogP contribution in [-0.4, -0.2) is 39.2 Å². The number of nitrogens with zero attached hydrogens (tertiary/aromatic N) is 2. The third kappa shape index (κ3) is 7.41. The van der Waals surface area contributed by atoms with E-state index in [1.54, 1.807) is 26.2 Å². The highest BCUT2D eigenvalue weighted by molar-refractivity contribution is 7.11. The van der Waals surface area contributed by atoms with E-state index in [4.69, 9.17) is 9.84 Å². The Hall–Kier alpha value is -3.67. The number of nitrogens with one attached hydrogen (secondary N) is 2. The largest absolute Gasteiger partial charge is 0.493 e. The molecule has 3 aromatic rings. The standard InChI is InChI=1S/C24H25F3N4O4S/c1-14(12-23(2,3)31-22(33)34)13-35-18-5-4-15(10-17(18)24(25,26)27)16-6-7-28-19(11-16)30-20(32)21-29-8-9-36-21/h4-11,14,31H,12-13H2,1-3H3,(H,33,34)(H,28,30,32)/t14-/m0/s1. The third-order valence-electron chi connectivity index (χ3n) is 5.07. The zero-order valence-corrected chi connectivity index (χ0v) is 20.5. The van der Waals surface area contributed by atoms with Crippen LogP contribution in [-0.2, 0) is 6.18 Å². The van der Waals surface area contributed by atoms with E-state index in [1.165, 1.54) is 36.7 Å². The molecule has 192 valence electrons. The van der Waals surface area contributed by atoms with Gasteiger partial charge >= 0.3 is 12.3 Å². The Bertz CT molecular complexity index is 1220. The number of halogens is 3. The summed E-state index contributed by atoms with van der Waals surface area (Å²) in [7, 11) is 0. The lowest BCUT2D eigenvalue weighted by Gasteiger charge is -2.28. The summed E-state index contributed by atoms with van der Waals surface area (Å²) in [6, 6.07) is 6.74. The van der Waals surface area contributed by atoms with Crippen LogP contribution in [0.4, 0.5) is 23.8 Å². The van der Waals surface area contributed by atoms with Gasteiger partial charge in [-0.25, -0.2) is 14.8 Å². The molecule has 12 heteroatoms. The van der Waals surface area contributed by atoms with Gasteiger partial charge < -0.3 is 20.5 Å². The van der Waals surface area contributed by atoms with Crippen molar-refractivity contribution in [2.24, 2.45) is 5.92 Å². The molecule has 0 aliphatic carbocycles. The van der Waals surface area contributed by atoms with E-state index in [0.717, 1.165) is 17.4 Å². The van der Waals surface area contributed by atoms with Crippen LogP contribution in [0, 0.1) is 5.92 Å². The first-order chi connectivity index (χ1) is 16.8. The van der Waals surface area contributed by atoms with Crippen molar-refractivity contribution in [1.82, 2.24) is 15.3 Å². The second-order valence-electron chi connectivity index (χ2n) is 8.86. The number of amides is 2. The summed E-state index contributed by atoms with van der Waals surface area (Å²) in [6.45, 7) is 5.12. The summed E-state index contributed by atoms with van der Waals surface area (Å²) in [5, 5.41) is 15.8. The Morgan fingerprint density at radius 3 is 2.47 bits per heavy atom. The van der Waals surface area contributed by atoms with Crippen molar-refractivity contribution in [2.75, 3.05) is 11.9 Å². The number of alkyl halides is 3. The monoisotopic (exact) mass is 522 g/mol. The van der Waals surface area contributed by atoms with Crippen LogP contribution in [0.3, 0.4) is 0 Å². The summed E-state index contributed by atoms with van der Waals surface area (Å²) in [6.07, 6.45) is -2.61. The average molecular weight is 523 g/mol. The molecular formula is C24H25F3N4O4S. The highest BCUT2D eigenvalue weighted by atomic mass is 32.1. The summed E-state index contributed by atoms with van der Waals surface area (Å²) in [5.74, 6) is -0.844. The topological polar surface area (TPSA) is 113 Å². The molecule has 2 aromatic heterocycles. The lowest BCUT2D eigenvalue weighted by Crippen LogP contribution is -2.44. The molecule has 2 heterocycles. The number of carbonyl (C=O) groups is 2. The van der Waals surface area contributed by atoms with Gasteiger partial charge in [0.25, 0.3) is 5.91 Å². The minimum absolute atomic E-state index is 0.0324. The fourth-order valence-electron chi connectivity index (χ4n) is 3.74. The second-order valence-corrected chi connectivity index (χ2v) is 9.76. The van der Waals surface area contributed by atoms with Crippen LogP contribution in [0.2, 0.25) is 0 Å². The van der Waals surface area contributed by atoms with Crippen molar-refractivity contribution < 1.29 is 32.6 Å². The molecular weight excluding hydrogens is 497 g/mol. The molecule has 0 aliphatic rings. The van der Waals surface area contributed by atoms with Gasteiger partial charge in [-0.2, -0.15) is 13.2 Å². The molecule has 0 radical (unpaired) electrons. The number of pyridine rings is 1. The number of ether oxygens (including phenoxy) is 1. The van der Waals surface area contributed by atoms with E-state index in [0.29, 0.717) is 12.0 Å². The maximum atomic E-state index is 13.9. The first kappa shape index (κ1) is 26.9. The van der Waals surface area contributed by atoms with Crippen molar-refractivity contribution in [3.8, 4) is 16.9 Å². The first-order valence-electron chi connectivity index (χ1n) is 10.9. The van der Waals surface area contributed by atoms with E-state index < -0.39 is 29.3 Å². The zero-order chi connectivity index (χ0) is 26.5. The number of carboxylic acid groups (broad SMARTS) is 1. The lowest BCUT2D eigenvalue weighted by molar-refractivity contribution is -0.139. The summed E-state index contributed by atoms with van der Waals surface area (Å²) >= 11 is 1.15. The van der Waals surface area contributed by atoms with Crippen molar-refractivity contribution in [1.29, 1.82) is 0 Å². The highest BCUT2D eigenvalue weighted by Crippen LogP contribution is 2.39. The van der Waals surface area contributed by atoms with Gasteiger partial charge in [-0.15, -0.1) is 11.3 Å². The van der Waals surface area contributed by atoms with E-state index in [-0.39, 0.29) is 34.7 Å². The Morgan fingerprint density at radius 2 is 1.83 bits per heavy atom. The van der Waals surface area contributed by atoms with Crippen LogP contribution >= 0.6 is 11.3 Å². The van der Waals surface area contributed by atoms with Gasteiger partial charge in [0.05, 0.1) is 12.2 Å². The number of aromatic nitrogens is 2. The van der Waals surface area contributed by atoms with E-state index >= 15 is 0 Å². The zero-order valence-electron chi connectivity index (χ0n) is 19.7. The Balaban J connectivity index is 1.77. The number of hydrogen-bond acceptors (Lipinski definition) is 6. The van der Waals surface area contributed by atoms with Gasteiger partial charge in [-0.05, 0) is 61.6 Å². The van der Waals surface area contributed by atoms with Crippen LogP contribution in [0.25, 0.3) is 11.1 Å². The average Bonchev–Trinajstić information content (AvgIpc) is 3.31. The molecule has 0 saturated carbocycles. The van der Waals surface area contributed by atoms with Crippen LogP contribution in [0.5, 0.6) is 5.75 Å². The molecule has 8 nitrogen and oxygen atoms in total. The molecule has 3 N–H and O–H groups in total. The van der Waals surface area contributed by atoms with Gasteiger partial charge in [-0.1, -0.05) is 13.0 Å². The Labute approximate surface area is 209 Å². The molecule has 1 atom stereocenters. The molecule has 2 amide bonds. The summed E-state index contributed by atoms with van der Waals surface area (Å²) in [4.78, 5) is 31.1. The molecule has 0 aliphatic heterocycles. The number of thiazole rings is 1. The third-order valence-corrected chi connectivity index (χ3v) is 5.85. The lowest BCUT2D eigenvalue weighted by atomic mass is 9.92.